The first-order chi connectivity index (χ1) is 15.5. The Morgan fingerprint density at radius 2 is 2.09 bits per heavy atom. The van der Waals surface area contributed by atoms with Crippen molar-refractivity contribution in [2.24, 2.45) is 0 Å². The zero-order chi connectivity index (χ0) is 22.3. The number of likely N-dealkylation sites (tertiary alicyclic amines) is 1. The molecule has 7 heteroatoms. The number of carbonyl (C=O) groups excluding carboxylic acids is 2. The normalized spacial score (nSPS) is 23.1. The third-order valence-corrected chi connectivity index (χ3v) is 6.91. The van der Waals surface area contributed by atoms with Crippen LogP contribution in [0.2, 0.25) is 0 Å². The van der Waals surface area contributed by atoms with E-state index in [0.29, 0.717) is 19.5 Å². The highest BCUT2D eigenvalue weighted by molar-refractivity contribution is 5.82. The van der Waals surface area contributed by atoms with Crippen molar-refractivity contribution in [1.82, 2.24) is 19.8 Å². The van der Waals surface area contributed by atoms with E-state index in [-0.39, 0.29) is 30.1 Å². The first kappa shape index (κ1) is 20.7. The number of fused-ring (bicyclic) bond motifs is 1. The van der Waals surface area contributed by atoms with Crippen molar-refractivity contribution in [2.45, 2.75) is 50.6 Å². The predicted octanol–water partition coefficient (Wildman–Crippen LogP) is 3.40. The van der Waals surface area contributed by atoms with E-state index in [9.17, 15) is 14.0 Å². The Bertz CT molecular complexity index is 1190. The molecule has 1 N–H and O–H groups in total. The van der Waals surface area contributed by atoms with Gasteiger partial charge in [0, 0.05) is 31.8 Å². The maximum absolute atomic E-state index is 14.0. The number of piperidine rings is 1. The topological polar surface area (TPSA) is 67.2 Å². The van der Waals surface area contributed by atoms with Gasteiger partial charge in [0.1, 0.15) is 18.2 Å². The minimum absolute atomic E-state index is 0.000764. The van der Waals surface area contributed by atoms with Gasteiger partial charge < -0.3 is 14.8 Å². The van der Waals surface area contributed by atoms with Crippen molar-refractivity contribution < 1.29 is 14.0 Å². The first-order valence-corrected chi connectivity index (χ1v) is 11.3. The molecule has 0 bridgehead atoms. The number of nitrogens with zero attached hydrogens (tertiary/aromatic N) is 3. The standard InChI is InChI=1S/C25H27FN4O2/c1-2-22-27-20-9-3-4-10-21(20)30(22)15-24(32)29-14-19(17-7-5-8-18(26)13-17)25(16-29)12-6-11-23(31)28-25/h3-5,7-10,13,19H,2,6,11-12,14-16H2,1H3,(H,28,31)/t19-,25+/m0/s1. The van der Waals surface area contributed by atoms with E-state index in [1.54, 1.807) is 6.07 Å². The van der Waals surface area contributed by atoms with Crippen molar-refractivity contribution in [3.8, 4) is 0 Å². The van der Waals surface area contributed by atoms with E-state index < -0.39 is 5.54 Å². The number of hydrogen-bond donors (Lipinski definition) is 1. The fraction of sp³-hybridized carbons (Fsp3) is 0.400. The molecule has 1 aromatic heterocycles. The number of benzene rings is 2. The van der Waals surface area contributed by atoms with Crippen LogP contribution in [0.1, 0.15) is 43.5 Å². The molecule has 2 atom stereocenters. The number of carbonyl (C=O) groups is 2. The van der Waals surface area contributed by atoms with Gasteiger partial charge in [-0.3, -0.25) is 9.59 Å². The van der Waals surface area contributed by atoms with Crippen molar-refractivity contribution in [2.75, 3.05) is 13.1 Å². The van der Waals surface area contributed by atoms with Crippen molar-refractivity contribution >= 4 is 22.8 Å². The molecule has 3 heterocycles. The van der Waals surface area contributed by atoms with Gasteiger partial charge in [0.25, 0.3) is 0 Å². The van der Waals surface area contributed by atoms with E-state index in [4.69, 9.17) is 0 Å². The lowest BCUT2D eigenvalue weighted by atomic mass is 9.76. The van der Waals surface area contributed by atoms with Crippen LogP contribution in [0.3, 0.4) is 0 Å². The Labute approximate surface area is 186 Å². The highest BCUT2D eigenvalue weighted by atomic mass is 19.1. The molecule has 3 aromatic rings. The summed E-state index contributed by atoms with van der Waals surface area (Å²) in [4.78, 5) is 32.3. The fourth-order valence-corrected chi connectivity index (χ4v) is 5.40. The van der Waals surface area contributed by atoms with Gasteiger partial charge in [0.15, 0.2) is 0 Å². The summed E-state index contributed by atoms with van der Waals surface area (Å²) in [6, 6.07) is 14.4. The Balaban J connectivity index is 1.46. The fourth-order valence-electron chi connectivity index (χ4n) is 5.40. The average Bonchev–Trinajstić information content (AvgIpc) is 3.32. The largest absolute Gasteiger partial charge is 0.348 e. The van der Waals surface area contributed by atoms with Crippen LogP contribution in [-0.2, 0) is 22.6 Å². The Morgan fingerprint density at radius 3 is 2.88 bits per heavy atom. The van der Waals surface area contributed by atoms with Gasteiger partial charge >= 0.3 is 0 Å². The van der Waals surface area contributed by atoms with Crippen LogP contribution in [0.15, 0.2) is 48.5 Å². The molecule has 2 saturated heterocycles. The summed E-state index contributed by atoms with van der Waals surface area (Å²) in [7, 11) is 0. The van der Waals surface area contributed by atoms with E-state index in [0.717, 1.165) is 41.7 Å². The molecule has 2 aliphatic rings. The number of halogens is 1. The molecule has 166 valence electrons. The molecule has 2 aliphatic heterocycles. The smallest absolute Gasteiger partial charge is 0.242 e. The molecule has 2 amide bonds. The van der Waals surface area contributed by atoms with E-state index >= 15 is 0 Å². The Morgan fingerprint density at radius 1 is 1.25 bits per heavy atom. The van der Waals surface area contributed by atoms with E-state index in [1.807, 2.05) is 46.7 Å². The summed E-state index contributed by atoms with van der Waals surface area (Å²) in [5.41, 5.74) is 2.10. The summed E-state index contributed by atoms with van der Waals surface area (Å²) < 4.78 is 16.0. The van der Waals surface area contributed by atoms with Crippen LogP contribution < -0.4 is 5.32 Å². The molecule has 2 fully saturated rings. The zero-order valence-electron chi connectivity index (χ0n) is 18.2. The number of rotatable bonds is 4. The van der Waals surface area contributed by atoms with Crippen LogP contribution in [0.4, 0.5) is 4.39 Å². The molecule has 32 heavy (non-hydrogen) atoms. The minimum Gasteiger partial charge on any atom is -0.348 e. The molecular weight excluding hydrogens is 407 g/mol. The predicted molar refractivity (Wildman–Crippen MR) is 120 cm³/mol. The number of aryl methyl sites for hydroxylation is 1. The quantitative estimate of drug-likeness (QED) is 0.684. The molecule has 2 aromatic carbocycles. The Hall–Kier alpha value is -3.22. The lowest BCUT2D eigenvalue weighted by Crippen LogP contribution is -2.56. The highest BCUT2D eigenvalue weighted by Gasteiger charge is 2.50. The number of nitrogens with one attached hydrogen (secondary N) is 1. The van der Waals surface area contributed by atoms with Crippen molar-refractivity contribution in [3.05, 3.63) is 65.7 Å². The third kappa shape index (κ3) is 3.55. The number of hydrogen-bond acceptors (Lipinski definition) is 3. The first-order valence-electron chi connectivity index (χ1n) is 11.3. The van der Waals surface area contributed by atoms with Gasteiger partial charge in [-0.2, -0.15) is 0 Å². The number of imidazole rings is 1. The zero-order valence-corrected chi connectivity index (χ0v) is 18.2. The SMILES string of the molecule is CCc1nc2ccccc2n1CC(=O)N1C[C@@H](c2cccc(F)c2)[C@@]2(CCCC(=O)N2)C1. The van der Waals surface area contributed by atoms with Crippen molar-refractivity contribution in [1.29, 1.82) is 0 Å². The molecule has 0 unspecified atom stereocenters. The van der Waals surface area contributed by atoms with Crippen molar-refractivity contribution in [3.63, 3.8) is 0 Å². The molecule has 0 aliphatic carbocycles. The lowest BCUT2D eigenvalue weighted by molar-refractivity contribution is -0.132. The molecule has 1 spiro atoms. The highest BCUT2D eigenvalue weighted by Crippen LogP contribution is 2.41. The number of para-hydroxylation sites is 2. The molecule has 0 radical (unpaired) electrons. The summed E-state index contributed by atoms with van der Waals surface area (Å²) in [6.07, 6.45) is 2.77. The number of amides is 2. The van der Waals surface area contributed by atoms with E-state index in [2.05, 4.69) is 10.3 Å². The lowest BCUT2D eigenvalue weighted by Gasteiger charge is -2.39. The Kier molecular flexibility index (Phi) is 5.19. The van der Waals surface area contributed by atoms with Gasteiger partial charge in [-0.25, -0.2) is 9.37 Å². The molecule has 0 saturated carbocycles. The maximum atomic E-state index is 14.0. The second-order valence-corrected chi connectivity index (χ2v) is 8.90. The van der Waals surface area contributed by atoms with E-state index in [1.165, 1.54) is 12.1 Å². The van der Waals surface area contributed by atoms with Crippen LogP contribution in [0.5, 0.6) is 0 Å². The second kappa shape index (κ2) is 8.04. The van der Waals surface area contributed by atoms with Crippen LogP contribution in [-0.4, -0.2) is 44.9 Å². The number of aromatic nitrogens is 2. The summed E-state index contributed by atoms with van der Waals surface area (Å²) >= 11 is 0. The molecular formula is C25H27FN4O2. The summed E-state index contributed by atoms with van der Waals surface area (Å²) in [5, 5.41) is 3.18. The van der Waals surface area contributed by atoms with Gasteiger partial charge in [-0.05, 0) is 42.7 Å². The van der Waals surface area contributed by atoms with Crippen LogP contribution in [0, 0.1) is 5.82 Å². The molecule has 5 rings (SSSR count). The molecule has 6 nitrogen and oxygen atoms in total. The monoisotopic (exact) mass is 434 g/mol. The van der Waals surface area contributed by atoms with Gasteiger partial charge in [-0.1, -0.05) is 31.2 Å². The maximum Gasteiger partial charge on any atom is 0.242 e. The summed E-state index contributed by atoms with van der Waals surface area (Å²) in [6.45, 7) is 3.12. The van der Waals surface area contributed by atoms with Gasteiger partial charge in [0.05, 0.1) is 16.6 Å². The van der Waals surface area contributed by atoms with Gasteiger partial charge in [0.2, 0.25) is 11.8 Å². The second-order valence-electron chi connectivity index (χ2n) is 8.90. The minimum atomic E-state index is -0.552. The third-order valence-electron chi connectivity index (χ3n) is 6.91. The average molecular weight is 435 g/mol. The van der Waals surface area contributed by atoms with Crippen LogP contribution >= 0.6 is 0 Å². The summed E-state index contributed by atoms with van der Waals surface area (Å²) in [5.74, 6) is 0.418. The van der Waals surface area contributed by atoms with Crippen LogP contribution in [0.25, 0.3) is 11.0 Å². The van der Waals surface area contributed by atoms with Gasteiger partial charge in [-0.15, -0.1) is 0 Å².